The third kappa shape index (κ3) is 2.91. The normalized spacial score (nSPS) is 24.7. The Bertz CT molecular complexity index is 640. The molecule has 3 atom stereocenters. The molecule has 4 heteroatoms. The Morgan fingerprint density at radius 2 is 1.62 bits per heavy atom. The van der Waals surface area contributed by atoms with E-state index in [0.717, 1.165) is 17.7 Å². The predicted octanol–water partition coefficient (Wildman–Crippen LogP) is 4.56. The van der Waals surface area contributed by atoms with Gasteiger partial charge in [-0.1, -0.05) is 47.5 Å². The van der Waals surface area contributed by atoms with Crippen LogP contribution < -0.4 is 5.32 Å². The minimum Gasteiger partial charge on any atom is -0.308 e. The maximum atomic E-state index is 9.61. The van der Waals surface area contributed by atoms with E-state index in [2.05, 4.69) is 11.4 Å². The Morgan fingerprint density at radius 3 is 2.24 bits per heavy atom. The molecule has 21 heavy (non-hydrogen) atoms. The molecule has 3 unspecified atom stereocenters. The predicted molar refractivity (Wildman–Crippen MR) is 85.5 cm³/mol. The van der Waals surface area contributed by atoms with Crippen molar-refractivity contribution in [2.75, 3.05) is 6.54 Å². The summed E-state index contributed by atoms with van der Waals surface area (Å²) < 4.78 is 0. The maximum absolute atomic E-state index is 9.61. The first-order valence-electron chi connectivity index (χ1n) is 6.83. The molecular formula is C17H14Cl2N2. The van der Waals surface area contributed by atoms with Crippen LogP contribution in [0, 0.1) is 17.2 Å². The molecule has 0 aliphatic carbocycles. The first-order valence-corrected chi connectivity index (χ1v) is 7.58. The Balaban J connectivity index is 1.92. The van der Waals surface area contributed by atoms with Gasteiger partial charge in [0.2, 0.25) is 0 Å². The summed E-state index contributed by atoms with van der Waals surface area (Å²) in [6.45, 7) is 0.760. The largest absolute Gasteiger partial charge is 0.308 e. The van der Waals surface area contributed by atoms with Gasteiger partial charge in [-0.2, -0.15) is 5.26 Å². The lowest BCUT2D eigenvalue weighted by Crippen LogP contribution is -2.17. The van der Waals surface area contributed by atoms with Crippen molar-refractivity contribution in [3.8, 4) is 6.07 Å². The van der Waals surface area contributed by atoms with Crippen molar-refractivity contribution < 1.29 is 0 Å². The zero-order chi connectivity index (χ0) is 14.8. The molecule has 1 saturated heterocycles. The third-order valence-corrected chi connectivity index (χ3v) is 4.45. The molecule has 2 nitrogen and oxygen atoms in total. The van der Waals surface area contributed by atoms with Crippen molar-refractivity contribution in [3.63, 3.8) is 0 Å². The second-order valence-electron chi connectivity index (χ2n) is 5.26. The molecule has 0 amide bonds. The SMILES string of the molecule is N#CC1C(c2cccc(Cl)c2)CNC1c1cccc(Cl)c1. The minimum atomic E-state index is -0.137. The van der Waals surface area contributed by atoms with E-state index in [9.17, 15) is 5.26 Å². The number of hydrogen-bond acceptors (Lipinski definition) is 2. The van der Waals surface area contributed by atoms with Gasteiger partial charge >= 0.3 is 0 Å². The lowest BCUT2D eigenvalue weighted by Gasteiger charge is -2.18. The van der Waals surface area contributed by atoms with Crippen LogP contribution in [0.5, 0.6) is 0 Å². The summed E-state index contributed by atoms with van der Waals surface area (Å²) in [7, 11) is 0. The van der Waals surface area contributed by atoms with Gasteiger partial charge in [0.25, 0.3) is 0 Å². The Kier molecular flexibility index (Phi) is 4.17. The van der Waals surface area contributed by atoms with Gasteiger partial charge in [-0.3, -0.25) is 0 Å². The number of rotatable bonds is 2. The van der Waals surface area contributed by atoms with Gasteiger partial charge in [0, 0.05) is 28.5 Å². The van der Waals surface area contributed by atoms with Gasteiger partial charge in [-0.05, 0) is 35.4 Å². The number of benzene rings is 2. The van der Waals surface area contributed by atoms with Crippen LogP contribution in [0.4, 0.5) is 0 Å². The van der Waals surface area contributed by atoms with E-state index in [1.807, 2.05) is 48.5 Å². The minimum absolute atomic E-state index is 0.00215. The monoisotopic (exact) mass is 316 g/mol. The Morgan fingerprint density at radius 1 is 1.00 bits per heavy atom. The average Bonchev–Trinajstić information content (AvgIpc) is 2.91. The van der Waals surface area contributed by atoms with Gasteiger partial charge in [-0.15, -0.1) is 0 Å². The number of nitrogens with zero attached hydrogens (tertiary/aromatic N) is 1. The zero-order valence-corrected chi connectivity index (χ0v) is 12.8. The van der Waals surface area contributed by atoms with Crippen molar-refractivity contribution in [1.29, 1.82) is 5.26 Å². The van der Waals surface area contributed by atoms with Crippen molar-refractivity contribution in [2.24, 2.45) is 5.92 Å². The van der Waals surface area contributed by atoms with E-state index in [4.69, 9.17) is 23.2 Å². The van der Waals surface area contributed by atoms with Crippen LogP contribution in [0.1, 0.15) is 23.1 Å². The van der Waals surface area contributed by atoms with Crippen LogP contribution in [0.2, 0.25) is 10.0 Å². The average molecular weight is 317 g/mol. The van der Waals surface area contributed by atoms with Crippen LogP contribution in [0.3, 0.4) is 0 Å². The van der Waals surface area contributed by atoms with E-state index in [1.54, 1.807) is 0 Å². The van der Waals surface area contributed by atoms with Crippen LogP contribution in [-0.4, -0.2) is 6.54 Å². The van der Waals surface area contributed by atoms with E-state index >= 15 is 0 Å². The summed E-state index contributed by atoms with van der Waals surface area (Å²) in [5, 5.41) is 14.5. The highest BCUT2D eigenvalue weighted by atomic mass is 35.5. The van der Waals surface area contributed by atoms with E-state index in [1.165, 1.54) is 0 Å². The summed E-state index contributed by atoms with van der Waals surface area (Å²) in [6, 6.07) is 17.9. The molecule has 106 valence electrons. The molecule has 1 aliphatic heterocycles. The molecule has 0 radical (unpaired) electrons. The fourth-order valence-corrected chi connectivity index (χ4v) is 3.39. The number of hydrogen-bond donors (Lipinski definition) is 1. The summed E-state index contributed by atoms with van der Waals surface area (Å²) in [4.78, 5) is 0. The second-order valence-corrected chi connectivity index (χ2v) is 6.13. The smallest absolute Gasteiger partial charge is 0.0738 e. The molecule has 1 heterocycles. The molecule has 0 saturated carbocycles. The topological polar surface area (TPSA) is 35.8 Å². The highest BCUT2D eigenvalue weighted by Gasteiger charge is 2.37. The molecule has 1 N–H and O–H groups in total. The number of nitrogens with one attached hydrogen (secondary N) is 1. The summed E-state index contributed by atoms with van der Waals surface area (Å²) in [6.07, 6.45) is 0. The Labute approximate surface area is 134 Å². The molecule has 2 aromatic carbocycles. The van der Waals surface area contributed by atoms with Crippen LogP contribution >= 0.6 is 23.2 Å². The standard InChI is InChI=1S/C17H14Cl2N2/c18-13-5-1-3-11(7-13)16-10-21-17(15(16)9-20)12-4-2-6-14(19)8-12/h1-8,15-17,21H,10H2. The first kappa shape index (κ1) is 14.4. The van der Waals surface area contributed by atoms with Gasteiger partial charge in [-0.25, -0.2) is 0 Å². The second kappa shape index (κ2) is 6.07. The molecule has 1 fully saturated rings. The molecule has 3 rings (SSSR count). The molecule has 0 aromatic heterocycles. The van der Waals surface area contributed by atoms with Crippen molar-refractivity contribution in [1.82, 2.24) is 5.32 Å². The summed E-state index contributed by atoms with van der Waals surface area (Å²) in [5.41, 5.74) is 2.16. The van der Waals surface area contributed by atoms with E-state index in [0.29, 0.717) is 10.0 Å². The van der Waals surface area contributed by atoms with Gasteiger partial charge in [0.15, 0.2) is 0 Å². The van der Waals surface area contributed by atoms with Crippen LogP contribution in [0.15, 0.2) is 48.5 Å². The quantitative estimate of drug-likeness (QED) is 0.881. The highest BCUT2D eigenvalue weighted by Crippen LogP contribution is 2.40. The summed E-state index contributed by atoms with van der Waals surface area (Å²) in [5.74, 6) is -0.000357. The van der Waals surface area contributed by atoms with E-state index in [-0.39, 0.29) is 17.9 Å². The lowest BCUT2D eigenvalue weighted by atomic mass is 9.84. The zero-order valence-electron chi connectivity index (χ0n) is 11.3. The fraction of sp³-hybridized carbons (Fsp3) is 0.235. The molecule has 0 bridgehead atoms. The molecule has 2 aromatic rings. The van der Waals surface area contributed by atoms with Crippen molar-refractivity contribution in [2.45, 2.75) is 12.0 Å². The van der Waals surface area contributed by atoms with Crippen molar-refractivity contribution in [3.05, 3.63) is 69.7 Å². The first-order chi connectivity index (χ1) is 10.2. The van der Waals surface area contributed by atoms with Gasteiger partial charge in [0.05, 0.1) is 12.0 Å². The van der Waals surface area contributed by atoms with E-state index < -0.39 is 0 Å². The number of nitriles is 1. The fourth-order valence-electron chi connectivity index (χ4n) is 2.99. The lowest BCUT2D eigenvalue weighted by molar-refractivity contribution is 0.532. The molecule has 1 aliphatic rings. The summed E-state index contributed by atoms with van der Waals surface area (Å²) >= 11 is 12.1. The van der Waals surface area contributed by atoms with Gasteiger partial charge in [0.1, 0.15) is 0 Å². The molecular weight excluding hydrogens is 303 g/mol. The Hall–Kier alpha value is -1.53. The van der Waals surface area contributed by atoms with Crippen molar-refractivity contribution >= 4 is 23.2 Å². The van der Waals surface area contributed by atoms with Crippen LogP contribution in [-0.2, 0) is 0 Å². The third-order valence-electron chi connectivity index (χ3n) is 3.98. The van der Waals surface area contributed by atoms with Crippen LogP contribution in [0.25, 0.3) is 0 Å². The number of halogens is 2. The van der Waals surface area contributed by atoms with Gasteiger partial charge < -0.3 is 5.32 Å². The molecule has 0 spiro atoms. The highest BCUT2D eigenvalue weighted by molar-refractivity contribution is 6.30. The maximum Gasteiger partial charge on any atom is 0.0738 e.